The van der Waals surface area contributed by atoms with Gasteiger partial charge in [0.25, 0.3) is 0 Å². The third-order valence-corrected chi connectivity index (χ3v) is 4.08. The second-order valence-corrected chi connectivity index (χ2v) is 5.16. The Morgan fingerprint density at radius 1 is 1.56 bits per heavy atom. The highest BCUT2D eigenvalue weighted by Gasteiger charge is 2.31. The van der Waals surface area contributed by atoms with Crippen molar-refractivity contribution >= 4 is 17.2 Å². The molecule has 1 saturated carbocycles. The zero-order valence-corrected chi connectivity index (χ0v) is 10.1. The molecular formula is C12H18N2OS. The lowest BCUT2D eigenvalue weighted by Crippen LogP contribution is -2.34. The lowest BCUT2D eigenvalue weighted by Gasteiger charge is -2.17. The van der Waals surface area contributed by atoms with E-state index < -0.39 is 0 Å². The zero-order chi connectivity index (χ0) is 11.4. The van der Waals surface area contributed by atoms with E-state index in [1.54, 1.807) is 11.3 Å². The van der Waals surface area contributed by atoms with Gasteiger partial charge in [-0.2, -0.15) is 11.3 Å². The molecule has 4 heteroatoms. The second-order valence-electron chi connectivity index (χ2n) is 4.38. The minimum atomic E-state index is 0.142. The standard InChI is InChI=1S/C12H18N2OS/c13-6-10-2-1-3-11(10)12(15)14-7-9-4-5-16-8-9/h4-5,8,10-11H,1-3,6-7,13H2,(H,14,15). The fourth-order valence-electron chi connectivity index (χ4n) is 2.38. The first-order chi connectivity index (χ1) is 7.81. The van der Waals surface area contributed by atoms with Gasteiger partial charge in [0.2, 0.25) is 5.91 Å². The largest absolute Gasteiger partial charge is 0.352 e. The van der Waals surface area contributed by atoms with Gasteiger partial charge in [-0.05, 0) is 47.7 Å². The van der Waals surface area contributed by atoms with E-state index in [9.17, 15) is 4.79 Å². The molecule has 88 valence electrons. The van der Waals surface area contributed by atoms with E-state index in [1.165, 1.54) is 5.56 Å². The molecule has 0 aromatic carbocycles. The van der Waals surface area contributed by atoms with Gasteiger partial charge in [0.15, 0.2) is 0 Å². The number of hydrogen-bond donors (Lipinski definition) is 2. The summed E-state index contributed by atoms with van der Waals surface area (Å²) < 4.78 is 0. The first kappa shape index (κ1) is 11.6. The number of hydrogen-bond acceptors (Lipinski definition) is 3. The molecule has 0 saturated heterocycles. The van der Waals surface area contributed by atoms with Gasteiger partial charge in [-0.1, -0.05) is 6.42 Å². The van der Waals surface area contributed by atoms with Crippen LogP contribution in [0, 0.1) is 11.8 Å². The molecule has 1 aliphatic carbocycles. The number of thiophene rings is 1. The Bertz CT molecular complexity index is 337. The molecule has 3 nitrogen and oxygen atoms in total. The molecule has 1 aromatic rings. The van der Waals surface area contributed by atoms with E-state index in [0.717, 1.165) is 19.3 Å². The molecule has 1 heterocycles. The van der Waals surface area contributed by atoms with Crippen molar-refractivity contribution in [1.82, 2.24) is 5.32 Å². The summed E-state index contributed by atoms with van der Waals surface area (Å²) in [4.78, 5) is 11.9. The summed E-state index contributed by atoms with van der Waals surface area (Å²) in [6.45, 7) is 1.28. The summed E-state index contributed by atoms with van der Waals surface area (Å²) in [6, 6.07) is 2.04. The minimum absolute atomic E-state index is 0.142. The van der Waals surface area contributed by atoms with E-state index in [-0.39, 0.29) is 11.8 Å². The fourth-order valence-corrected chi connectivity index (χ4v) is 3.05. The Kier molecular flexibility index (Phi) is 3.96. The maximum absolute atomic E-state index is 11.9. The molecule has 16 heavy (non-hydrogen) atoms. The first-order valence-electron chi connectivity index (χ1n) is 5.80. The number of rotatable bonds is 4. The summed E-state index contributed by atoms with van der Waals surface area (Å²) in [5.74, 6) is 0.713. The van der Waals surface area contributed by atoms with Gasteiger partial charge in [-0.15, -0.1) is 0 Å². The Balaban J connectivity index is 1.83. The summed E-state index contributed by atoms with van der Waals surface area (Å²) in [5.41, 5.74) is 6.86. The third-order valence-electron chi connectivity index (χ3n) is 3.35. The average molecular weight is 238 g/mol. The molecule has 1 aliphatic rings. The lowest BCUT2D eigenvalue weighted by molar-refractivity contribution is -0.126. The first-order valence-corrected chi connectivity index (χ1v) is 6.74. The van der Waals surface area contributed by atoms with Crippen molar-refractivity contribution < 1.29 is 4.79 Å². The van der Waals surface area contributed by atoms with Crippen molar-refractivity contribution in [2.75, 3.05) is 6.54 Å². The number of carbonyl (C=O) groups is 1. The number of nitrogens with one attached hydrogen (secondary N) is 1. The Hall–Kier alpha value is -0.870. The minimum Gasteiger partial charge on any atom is -0.352 e. The van der Waals surface area contributed by atoms with Crippen molar-refractivity contribution in [3.8, 4) is 0 Å². The van der Waals surface area contributed by atoms with E-state index in [2.05, 4.69) is 10.7 Å². The molecule has 2 unspecified atom stereocenters. The van der Waals surface area contributed by atoms with Crippen LogP contribution in [-0.4, -0.2) is 12.5 Å². The van der Waals surface area contributed by atoms with Crippen molar-refractivity contribution in [2.24, 2.45) is 17.6 Å². The van der Waals surface area contributed by atoms with Crippen LogP contribution in [0.3, 0.4) is 0 Å². The normalized spacial score (nSPS) is 24.6. The SMILES string of the molecule is NCC1CCCC1C(=O)NCc1ccsc1. The smallest absolute Gasteiger partial charge is 0.223 e. The molecule has 0 bridgehead atoms. The van der Waals surface area contributed by atoms with Crippen LogP contribution < -0.4 is 11.1 Å². The quantitative estimate of drug-likeness (QED) is 0.839. The summed E-state index contributed by atoms with van der Waals surface area (Å²) in [6.07, 6.45) is 3.24. The topological polar surface area (TPSA) is 55.1 Å². The second kappa shape index (κ2) is 5.46. The molecule has 1 aromatic heterocycles. The van der Waals surface area contributed by atoms with Gasteiger partial charge >= 0.3 is 0 Å². The van der Waals surface area contributed by atoms with E-state index >= 15 is 0 Å². The van der Waals surface area contributed by atoms with Gasteiger partial charge in [0, 0.05) is 12.5 Å². The maximum Gasteiger partial charge on any atom is 0.223 e. The van der Waals surface area contributed by atoms with Crippen LogP contribution in [0.5, 0.6) is 0 Å². The van der Waals surface area contributed by atoms with Crippen LogP contribution in [0.25, 0.3) is 0 Å². The molecule has 0 radical (unpaired) electrons. The number of amides is 1. The highest BCUT2D eigenvalue weighted by molar-refractivity contribution is 7.07. The summed E-state index contributed by atoms with van der Waals surface area (Å²) in [7, 11) is 0. The molecule has 1 amide bonds. The Morgan fingerprint density at radius 3 is 3.12 bits per heavy atom. The molecular weight excluding hydrogens is 220 g/mol. The van der Waals surface area contributed by atoms with Crippen molar-refractivity contribution in [2.45, 2.75) is 25.8 Å². The monoisotopic (exact) mass is 238 g/mol. The van der Waals surface area contributed by atoms with Gasteiger partial charge in [0.1, 0.15) is 0 Å². The van der Waals surface area contributed by atoms with E-state index in [1.807, 2.05) is 11.4 Å². The zero-order valence-electron chi connectivity index (χ0n) is 9.32. The number of nitrogens with two attached hydrogens (primary N) is 1. The molecule has 2 atom stereocenters. The molecule has 0 aliphatic heterocycles. The van der Waals surface area contributed by atoms with Crippen molar-refractivity contribution in [1.29, 1.82) is 0 Å². The lowest BCUT2D eigenvalue weighted by atomic mass is 9.95. The molecule has 3 N–H and O–H groups in total. The van der Waals surface area contributed by atoms with Crippen LogP contribution in [-0.2, 0) is 11.3 Å². The van der Waals surface area contributed by atoms with Gasteiger partial charge in [-0.25, -0.2) is 0 Å². The predicted molar refractivity (Wildman–Crippen MR) is 66.1 cm³/mol. The van der Waals surface area contributed by atoms with Crippen molar-refractivity contribution in [3.63, 3.8) is 0 Å². The predicted octanol–water partition coefficient (Wildman–Crippen LogP) is 1.74. The van der Waals surface area contributed by atoms with Crippen molar-refractivity contribution in [3.05, 3.63) is 22.4 Å². The maximum atomic E-state index is 11.9. The van der Waals surface area contributed by atoms with Crippen LogP contribution in [0.4, 0.5) is 0 Å². The highest BCUT2D eigenvalue weighted by atomic mass is 32.1. The Labute approximate surface area is 100 Å². The van der Waals surface area contributed by atoms with Crippen LogP contribution in [0.15, 0.2) is 16.8 Å². The molecule has 1 fully saturated rings. The molecule has 0 spiro atoms. The van der Waals surface area contributed by atoms with Crippen LogP contribution >= 0.6 is 11.3 Å². The third kappa shape index (κ3) is 2.62. The van der Waals surface area contributed by atoms with Gasteiger partial charge in [0.05, 0.1) is 0 Å². The van der Waals surface area contributed by atoms with Gasteiger partial charge in [-0.3, -0.25) is 4.79 Å². The van der Waals surface area contributed by atoms with E-state index in [4.69, 9.17) is 5.73 Å². The summed E-state index contributed by atoms with van der Waals surface area (Å²) >= 11 is 1.66. The Morgan fingerprint density at radius 2 is 2.44 bits per heavy atom. The highest BCUT2D eigenvalue weighted by Crippen LogP contribution is 2.30. The van der Waals surface area contributed by atoms with Gasteiger partial charge < -0.3 is 11.1 Å². The fraction of sp³-hybridized carbons (Fsp3) is 0.583. The summed E-state index contributed by atoms with van der Waals surface area (Å²) in [5, 5.41) is 7.10. The number of carbonyl (C=O) groups excluding carboxylic acids is 1. The van der Waals surface area contributed by atoms with Crippen LogP contribution in [0.1, 0.15) is 24.8 Å². The average Bonchev–Trinajstić information content (AvgIpc) is 2.96. The van der Waals surface area contributed by atoms with E-state index in [0.29, 0.717) is 19.0 Å². The molecule has 2 rings (SSSR count). The van der Waals surface area contributed by atoms with Crippen LogP contribution in [0.2, 0.25) is 0 Å².